The summed E-state index contributed by atoms with van der Waals surface area (Å²) in [4.78, 5) is 14.1. The van der Waals surface area contributed by atoms with Crippen molar-refractivity contribution in [3.8, 4) is 57.0 Å². The Morgan fingerprint density at radius 3 is 1.22 bits per heavy atom. The minimum absolute atomic E-state index is 0.0886. The number of hydrogen-bond donors (Lipinski definition) is 4. The number of halogens is 8. The lowest BCUT2D eigenvalue weighted by Crippen LogP contribution is -1.97. The number of nitrogens with zero attached hydrogens (tertiary/aromatic N) is 12. The van der Waals surface area contributed by atoms with Crippen LogP contribution in [-0.4, -0.2) is 65.0 Å². The Morgan fingerprint density at radius 1 is 0.365 bits per heavy atom. The normalized spacial score (nSPS) is 11.1. The molecule has 0 saturated carbocycles. The molecule has 0 bridgehead atoms. The maximum atomic E-state index is 13.7. The van der Waals surface area contributed by atoms with Crippen molar-refractivity contribution in [2.75, 3.05) is 16.0 Å². The average molecular weight is 1340 g/mol. The van der Waals surface area contributed by atoms with Crippen molar-refractivity contribution in [1.29, 1.82) is 0 Å². The van der Waals surface area contributed by atoms with Crippen LogP contribution in [0.5, 0.6) is 5.75 Å². The molecule has 474 valence electrons. The Kier molecular flexibility index (Phi) is 17.8. The topological polar surface area (TPSA) is 187 Å². The Hall–Kier alpha value is -11.7. The van der Waals surface area contributed by atoms with Crippen LogP contribution < -0.4 is 16.0 Å². The number of aromatic nitrogens is 12. The molecule has 0 aliphatic rings. The summed E-state index contributed by atoms with van der Waals surface area (Å²) in [6.07, 6.45) is 4.91. The highest BCUT2D eigenvalue weighted by Gasteiger charge is 2.17. The first-order valence-electron chi connectivity index (χ1n) is 29.4. The molecule has 15 rings (SSSR count). The van der Waals surface area contributed by atoms with Gasteiger partial charge in [-0.1, -0.05) is 68.6 Å². The molecule has 9 aromatic carbocycles. The second-order valence-electron chi connectivity index (χ2n) is 22.1. The van der Waals surface area contributed by atoms with Gasteiger partial charge in [0.05, 0.1) is 69.3 Å². The molecular weight excluding hydrogens is 1290 g/mol. The summed E-state index contributed by atoms with van der Waals surface area (Å²) in [7, 11) is 0. The highest BCUT2D eigenvalue weighted by molar-refractivity contribution is 6.31. The van der Waals surface area contributed by atoms with Crippen molar-refractivity contribution in [3.63, 3.8) is 0 Å². The minimum atomic E-state index is -1.08. The highest BCUT2D eigenvalue weighted by atomic mass is 35.5. The van der Waals surface area contributed by atoms with Crippen molar-refractivity contribution in [3.05, 3.63) is 280 Å². The molecule has 15 aromatic rings. The fraction of sp³-hybridized carbons (Fsp3) is 0.0417. The largest absolute Gasteiger partial charge is 0.503 e. The number of rotatable bonds is 12. The van der Waals surface area contributed by atoms with Gasteiger partial charge in [-0.3, -0.25) is 0 Å². The molecule has 0 aliphatic carbocycles. The van der Waals surface area contributed by atoms with E-state index in [0.29, 0.717) is 49.9 Å². The number of fused-ring (bicyclic) bond motifs is 3. The standard InChI is InChI=1S/C24H16ClF2N5O.C24H16ClF2N5.C24H17ClFN5/c1-13-7-14(25)9-15(8-13)28-20-3-2-4-21-17(20)5-6-22(29-21)23-12-32(31-30-23)16-10-18(26)24(33)19(27)11-16;1-14-11-15(5-8-18(14)25)28-21-3-2-4-22-17(21)7-10-23(29-22)24-13-32(31-30-24)16-6-9-19(26)20(27)12-16;1-15-11-16(25)13-18(12-15)27-21-3-2-4-22-20(21)9-10-23(28-22)24-14-31(30-29-24)19-7-5-17(26)6-8-19/h2-12,28,33H,1H3;2-13,28H,1H3;2-14,27H,1H3. The van der Waals surface area contributed by atoms with Gasteiger partial charge in [0.15, 0.2) is 29.0 Å². The van der Waals surface area contributed by atoms with E-state index in [0.717, 1.165) is 118 Å². The monoisotopic (exact) mass is 1340 g/mol. The van der Waals surface area contributed by atoms with Gasteiger partial charge in [0.25, 0.3) is 0 Å². The zero-order chi connectivity index (χ0) is 66.7. The first-order valence-corrected chi connectivity index (χ1v) is 30.5. The molecule has 0 fully saturated rings. The number of aromatic hydroxyl groups is 1. The molecule has 16 nitrogen and oxygen atoms in total. The molecule has 6 heterocycles. The van der Waals surface area contributed by atoms with Gasteiger partial charge in [0, 0.05) is 83.5 Å². The Labute approximate surface area is 558 Å². The number of phenolic OH excluding ortho intramolecular Hbond substituents is 1. The van der Waals surface area contributed by atoms with Crippen LogP contribution in [0.3, 0.4) is 0 Å². The van der Waals surface area contributed by atoms with E-state index in [1.54, 1.807) is 35.3 Å². The zero-order valence-corrected chi connectivity index (χ0v) is 52.9. The summed E-state index contributed by atoms with van der Waals surface area (Å²) in [6, 6.07) is 57.8. The summed E-state index contributed by atoms with van der Waals surface area (Å²) in [5.74, 6) is -5.35. The Morgan fingerprint density at radius 2 is 0.781 bits per heavy atom. The molecule has 0 saturated heterocycles. The SMILES string of the molecule is Cc1cc(Cl)cc(Nc2cccc3nc(-c4cn(-c5cc(F)c(O)c(F)c5)nn4)ccc23)c1.Cc1cc(Cl)cc(Nc2cccc3nc(-c4cn(-c5ccc(F)cc5)nn4)ccc23)c1.Cc1cc(Nc2cccc3nc(-c4cn(-c5ccc(F)c(F)c5)nn4)ccc23)ccc1Cl. The maximum absolute atomic E-state index is 13.7. The van der Waals surface area contributed by atoms with E-state index >= 15 is 0 Å². The maximum Gasteiger partial charge on any atom is 0.187 e. The lowest BCUT2D eigenvalue weighted by atomic mass is 10.1. The summed E-state index contributed by atoms with van der Waals surface area (Å²) in [6.45, 7) is 5.94. The molecule has 0 amide bonds. The van der Waals surface area contributed by atoms with Crippen LogP contribution in [0.25, 0.3) is 83.9 Å². The van der Waals surface area contributed by atoms with Crippen molar-refractivity contribution >= 4 is 102 Å². The second kappa shape index (κ2) is 27.1. The summed E-state index contributed by atoms with van der Waals surface area (Å²) < 4.78 is 71.5. The number of benzene rings is 9. The molecule has 0 atom stereocenters. The first kappa shape index (κ1) is 63.1. The third kappa shape index (κ3) is 14.1. The van der Waals surface area contributed by atoms with Crippen molar-refractivity contribution in [1.82, 2.24) is 59.9 Å². The van der Waals surface area contributed by atoms with Gasteiger partial charge in [-0.2, -0.15) is 0 Å². The van der Waals surface area contributed by atoms with Crippen LogP contribution in [0.15, 0.2) is 219 Å². The van der Waals surface area contributed by atoms with E-state index in [1.807, 2.05) is 160 Å². The number of anilines is 6. The van der Waals surface area contributed by atoms with Gasteiger partial charge in [0.1, 0.15) is 22.9 Å². The molecule has 0 radical (unpaired) electrons. The predicted octanol–water partition coefficient (Wildman–Crippen LogP) is 19.0. The number of aryl methyl sites for hydroxylation is 3. The molecule has 24 heteroatoms. The van der Waals surface area contributed by atoms with Crippen LogP contribution in [0.4, 0.5) is 56.1 Å². The van der Waals surface area contributed by atoms with E-state index in [1.165, 1.54) is 33.8 Å². The molecule has 4 N–H and O–H groups in total. The third-order valence-electron chi connectivity index (χ3n) is 15.1. The predicted molar refractivity (Wildman–Crippen MR) is 366 cm³/mol. The van der Waals surface area contributed by atoms with Gasteiger partial charge in [-0.15, -0.1) is 15.3 Å². The fourth-order valence-corrected chi connectivity index (χ4v) is 11.2. The van der Waals surface area contributed by atoms with E-state index in [4.69, 9.17) is 44.8 Å². The van der Waals surface area contributed by atoms with Crippen LogP contribution >= 0.6 is 34.8 Å². The van der Waals surface area contributed by atoms with Gasteiger partial charge in [-0.25, -0.2) is 50.9 Å². The van der Waals surface area contributed by atoms with E-state index in [2.05, 4.69) is 51.9 Å². The smallest absolute Gasteiger partial charge is 0.187 e. The summed E-state index contributed by atoms with van der Waals surface area (Å²) in [5, 5.41) is 48.9. The number of phenols is 1. The number of pyridine rings is 3. The summed E-state index contributed by atoms with van der Waals surface area (Å²) >= 11 is 18.5. The summed E-state index contributed by atoms with van der Waals surface area (Å²) in [5.41, 5.74) is 15.5. The average Bonchev–Trinajstić information content (AvgIpc) is 1.49. The molecular formula is C72H49Cl3F5N15O. The Balaban J connectivity index is 0.000000130. The van der Waals surface area contributed by atoms with Crippen molar-refractivity contribution < 1.29 is 27.1 Å². The number of hydrogen-bond acceptors (Lipinski definition) is 13. The molecule has 96 heavy (non-hydrogen) atoms. The lowest BCUT2D eigenvalue weighted by Gasteiger charge is -2.11. The highest BCUT2D eigenvalue weighted by Crippen LogP contribution is 2.34. The molecule has 0 spiro atoms. The number of nitrogens with one attached hydrogen (secondary N) is 3. The molecule has 6 aromatic heterocycles. The van der Waals surface area contributed by atoms with Crippen LogP contribution in [0.1, 0.15) is 16.7 Å². The third-order valence-corrected chi connectivity index (χ3v) is 15.9. The van der Waals surface area contributed by atoms with Gasteiger partial charge >= 0.3 is 0 Å². The quantitative estimate of drug-likeness (QED) is 0.0847. The lowest BCUT2D eigenvalue weighted by molar-refractivity contribution is 0.395. The van der Waals surface area contributed by atoms with Gasteiger partial charge in [0.2, 0.25) is 0 Å². The van der Waals surface area contributed by atoms with E-state index < -0.39 is 29.0 Å². The van der Waals surface area contributed by atoms with Crippen molar-refractivity contribution in [2.45, 2.75) is 20.8 Å². The fourth-order valence-electron chi connectivity index (χ4n) is 10.5. The zero-order valence-electron chi connectivity index (χ0n) is 50.6. The van der Waals surface area contributed by atoms with Crippen LogP contribution in [-0.2, 0) is 0 Å². The minimum Gasteiger partial charge on any atom is -0.503 e. The molecule has 0 unspecified atom stereocenters. The van der Waals surface area contributed by atoms with Crippen LogP contribution in [0.2, 0.25) is 15.1 Å². The Bertz CT molecular complexity index is 5370. The first-order chi connectivity index (χ1) is 46.4. The molecule has 0 aliphatic heterocycles. The van der Waals surface area contributed by atoms with Crippen molar-refractivity contribution in [2.24, 2.45) is 0 Å². The van der Waals surface area contributed by atoms with E-state index in [-0.39, 0.29) is 11.5 Å². The van der Waals surface area contributed by atoms with Gasteiger partial charge < -0.3 is 21.1 Å². The van der Waals surface area contributed by atoms with Crippen LogP contribution in [0, 0.1) is 49.9 Å². The van der Waals surface area contributed by atoms with Gasteiger partial charge in [-0.05, 0) is 201 Å². The van der Waals surface area contributed by atoms with E-state index in [9.17, 15) is 27.1 Å². The second-order valence-corrected chi connectivity index (χ2v) is 23.3.